The molecule has 8 nitrogen and oxygen atoms in total. The number of benzene rings is 1. The second-order valence-corrected chi connectivity index (χ2v) is 7.39. The third-order valence-electron chi connectivity index (χ3n) is 4.85. The van der Waals surface area contributed by atoms with E-state index in [1.165, 1.54) is 0 Å². The van der Waals surface area contributed by atoms with Gasteiger partial charge in [0.15, 0.2) is 5.82 Å². The van der Waals surface area contributed by atoms with Gasteiger partial charge in [0, 0.05) is 50.2 Å². The van der Waals surface area contributed by atoms with Gasteiger partial charge in [-0.15, -0.1) is 11.3 Å². The molecule has 0 spiro atoms. The Bertz CT molecular complexity index is 1120. The van der Waals surface area contributed by atoms with Crippen LogP contribution in [0.3, 0.4) is 0 Å². The van der Waals surface area contributed by atoms with E-state index in [2.05, 4.69) is 25.0 Å². The predicted octanol–water partition coefficient (Wildman–Crippen LogP) is 2.23. The van der Waals surface area contributed by atoms with Crippen LogP contribution in [0.25, 0.3) is 16.0 Å². The minimum Gasteiger partial charge on any atom is -0.353 e. The first-order valence-electron chi connectivity index (χ1n) is 8.97. The summed E-state index contributed by atoms with van der Waals surface area (Å²) in [5.74, 6) is 1.64. The van der Waals surface area contributed by atoms with E-state index in [1.807, 2.05) is 41.4 Å². The summed E-state index contributed by atoms with van der Waals surface area (Å²) in [5.41, 5.74) is 3.45. The zero-order valence-electron chi connectivity index (χ0n) is 15.0. The van der Waals surface area contributed by atoms with Crippen molar-refractivity contribution in [3.8, 4) is 5.82 Å². The van der Waals surface area contributed by atoms with Crippen molar-refractivity contribution in [2.45, 2.75) is 0 Å². The average Bonchev–Trinajstić information content (AvgIpc) is 3.45. The molecule has 5 rings (SSSR count). The second kappa shape index (κ2) is 7.01. The summed E-state index contributed by atoms with van der Waals surface area (Å²) in [7, 11) is 0. The molecular formula is C19H17N7OS. The molecule has 1 aliphatic rings. The quantitative estimate of drug-likeness (QED) is 0.533. The number of thiazole rings is 1. The lowest BCUT2D eigenvalue weighted by Gasteiger charge is -2.35. The summed E-state index contributed by atoms with van der Waals surface area (Å²) in [6, 6.07) is 9.48. The summed E-state index contributed by atoms with van der Waals surface area (Å²) in [6.45, 7) is 2.76. The Morgan fingerprint density at radius 1 is 1.00 bits per heavy atom. The van der Waals surface area contributed by atoms with E-state index in [9.17, 15) is 4.79 Å². The summed E-state index contributed by atoms with van der Waals surface area (Å²) >= 11 is 1.55. The maximum absolute atomic E-state index is 12.9. The second-order valence-electron chi connectivity index (χ2n) is 6.50. The molecule has 0 atom stereocenters. The van der Waals surface area contributed by atoms with Crippen molar-refractivity contribution in [3.63, 3.8) is 0 Å². The lowest BCUT2D eigenvalue weighted by atomic mass is 10.1. The number of hydrogen-bond donors (Lipinski definition) is 0. The third kappa shape index (κ3) is 3.09. The predicted molar refractivity (Wildman–Crippen MR) is 107 cm³/mol. The van der Waals surface area contributed by atoms with Crippen LogP contribution in [0, 0.1) is 0 Å². The monoisotopic (exact) mass is 391 g/mol. The van der Waals surface area contributed by atoms with Crippen molar-refractivity contribution in [2.24, 2.45) is 0 Å². The number of aromatic nitrogens is 5. The molecule has 0 radical (unpaired) electrons. The number of amides is 1. The largest absolute Gasteiger partial charge is 0.353 e. The van der Waals surface area contributed by atoms with Gasteiger partial charge in [0.1, 0.15) is 12.1 Å². The molecule has 0 unspecified atom stereocenters. The Labute approximate surface area is 165 Å². The molecule has 1 aromatic carbocycles. The Morgan fingerprint density at radius 2 is 1.86 bits per heavy atom. The number of rotatable bonds is 3. The van der Waals surface area contributed by atoms with Gasteiger partial charge >= 0.3 is 0 Å². The fraction of sp³-hybridized carbons (Fsp3) is 0.211. The Balaban J connectivity index is 1.28. The van der Waals surface area contributed by atoms with E-state index in [0.717, 1.165) is 34.9 Å². The third-order valence-corrected chi connectivity index (χ3v) is 5.64. The van der Waals surface area contributed by atoms with Gasteiger partial charge in [-0.2, -0.15) is 5.10 Å². The highest BCUT2D eigenvalue weighted by Gasteiger charge is 2.23. The maximum Gasteiger partial charge on any atom is 0.254 e. The molecule has 3 aromatic heterocycles. The lowest BCUT2D eigenvalue weighted by molar-refractivity contribution is 0.0746. The van der Waals surface area contributed by atoms with Gasteiger partial charge in [0.2, 0.25) is 0 Å². The zero-order valence-corrected chi connectivity index (χ0v) is 15.8. The highest BCUT2D eigenvalue weighted by molar-refractivity contribution is 7.16. The first-order chi connectivity index (χ1) is 13.8. The molecule has 0 aliphatic carbocycles. The van der Waals surface area contributed by atoms with Crippen molar-refractivity contribution in [1.29, 1.82) is 0 Å². The molecule has 4 aromatic rings. The molecule has 1 amide bonds. The van der Waals surface area contributed by atoms with Crippen LogP contribution in [-0.4, -0.2) is 61.7 Å². The number of anilines is 1. The van der Waals surface area contributed by atoms with E-state index >= 15 is 0 Å². The van der Waals surface area contributed by atoms with Crippen LogP contribution in [0.5, 0.6) is 0 Å². The van der Waals surface area contributed by atoms with Crippen LogP contribution in [0.15, 0.2) is 54.6 Å². The van der Waals surface area contributed by atoms with Crippen molar-refractivity contribution in [2.75, 3.05) is 31.1 Å². The number of fused-ring (bicyclic) bond motifs is 1. The van der Waals surface area contributed by atoms with Gasteiger partial charge in [-0.05, 0) is 24.3 Å². The minimum absolute atomic E-state index is 0.0647. The molecule has 4 heterocycles. The number of carbonyl (C=O) groups is 1. The highest BCUT2D eigenvalue weighted by Crippen LogP contribution is 2.21. The van der Waals surface area contributed by atoms with Crippen molar-refractivity contribution < 1.29 is 4.79 Å². The van der Waals surface area contributed by atoms with E-state index in [4.69, 9.17) is 0 Å². The van der Waals surface area contributed by atoms with Crippen LogP contribution in [0.2, 0.25) is 0 Å². The van der Waals surface area contributed by atoms with E-state index in [0.29, 0.717) is 18.7 Å². The van der Waals surface area contributed by atoms with Crippen molar-refractivity contribution >= 4 is 33.3 Å². The summed E-state index contributed by atoms with van der Waals surface area (Å²) in [5, 5.41) is 4.21. The average molecular weight is 391 g/mol. The molecule has 1 saturated heterocycles. The van der Waals surface area contributed by atoms with Crippen LogP contribution in [-0.2, 0) is 0 Å². The highest BCUT2D eigenvalue weighted by atomic mass is 32.1. The van der Waals surface area contributed by atoms with E-state index < -0.39 is 0 Å². The topological polar surface area (TPSA) is 80.0 Å². The van der Waals surface area contributed by atoms with Crippen LogP contribution >= 0.6 is 11.3 Å². The van der Waals surface area contributed by atoms with Gasteiger partial charge < -0.3 is 9.80 Å². The van der Waals surface area contributed by atoms with Crippen molar-refractivity contribution in [3.05, 3.63) is 60.1 Å². The lowest BCUT2D eigenvalue weighted by Crippen LogP contribution is -2.49. The van der Waals surface area contributed by atoms with Crippen LogP contribution < -0.4 is 4.90 Å². The molecule has 1 fully saturated rings. The van der Waals surface area contributed by atoms with Gasteiger partial charge in [-0.3, -0.25) is 4.79 Å². The molecule has 9 heteroatoms. The summed E-state index contributed by atoms with van der Waals surface area (Å²) < 4.78 is 2.75. The van der Waals surface area contributed by atoms with Crippen LogP contribution in [0.1, 0.15) is 10.4 Å². The van der Waals surface area contributed by atoms with Crippen LogP contribution in [0.4, 0.5) is 5.82 Å². The standard InChI is InChI=1S/C19H17N7OS/c27-19(14-2-3-15-16(10-14)28-13-22-15)25-8-6-24(7-9-25)17-11-18(21-12-20-17)26-5-1-4-23-26/h1-5,10-13H,6-9H2. The summed E-state index contributed by atoms with van der Waals surface area (Å²) in [4.78, 5) is 29.9. The number of piperazine rings is 1. The van der Waals surface area contributed by atoms with Crippen molar-refractivity contribution in [1.82, 2.24) is 29.6 Å². The maximum atomic E-state index is 12.9. The Morgan fingerprint density at radius 3 is 2.68 bits per heavy atom. The first-order valence-corrected chi connectivity index (χ1v) is 9.85. The zero-order chi connectivity index (χ0) is 18.9. The molecule has 140 valence electrons. The number of carbonyl (C=O) groups excluding carboxylic acids is 1. The van der Waals surface area contributed by atoms with E-state index in [-0.39, 0.29) is 5.91 Å². The smallest absolute Gasteiger partial charge is 0.254 e. The van der Waals surface area contributed by atoms with Gasteiger partial charge in [0.25, 0.3) is 5.91 Å². The number of hydrogen-bond acceptors (Lipinski definition) is 7. The number of nitrogens with zero attached hydrogens (tertiary/aromatic N) is 7. The van der Waals surface area contributed by atoms with Gasteiger partial charge in [0.05, 0.1) is 15.7 Å². The Hall–Kier alpha value is -3.33. The molecule has 1 aliphatic heterocycles. The molecule has 0 saturated carbocycles. The molecular weight excluding hydrogens is 374 g/mol. The normalized spacial score (nSPS) is 14.6. The molecule has 28 heavy (non-hydrogen) atoms. The first kappa shape index (κ1) is 16.8. The van der Waals surface area contributed by atoms with Gasteiger partial charge in [-0.1, -0.05) is 0 Å². The molecule has 0 bridgehead atoms. The van der Waals surface area contributed by atoms with Gasteiger partial charge in [-0.25, -0.2) is 19.6 Å². The summed E-state index contributed by atoms with van der Waals surface area (Å²) in [6.07, 6.45) is 5.12. The Kier molecular flexibility index (Phi) is 4.21. The van der Waals surface area contributed by atoms with E-state index in [1.54, 1.807) is 34.1 Å². The fourth-order valence-corrected chi connectivity index (χ4v) is 4.07. The SMILES string of the molecule is O=C(c1ccc2ncsc2c1)N1CCN(c2cc(-n3cccn3)ncn2)CC1. The minimum atomic E-state index is 0.0647. The molecule has 0 N–H and O–H groups in total. The fourth-order valence-electron chi connectivity index (χ4n) is 3.35.